The Bertz CT molecular complexity index is 15.7. The quantitative estimate of drug-likeness (QED) is 0.528. The second-order valence-corrected chi connectivity index (χ2v) is 0. The fourth-order valence-corrected chi connectivity index (χ4v) is 0. The van der Waals surface area contributed by atoms with E-state index in [4.69, 9.17) is 0 Å². The maximum absolute atomic E-state index is 0. The van der Waals surface area contributed by atoms with Crippen molar-refractivity contribution in [1.82, 2.24) is 0 Å². The molecule has 0 unspecified atom stereocenters. The van der Waals surface area contributed by atoms with Crippen molar-refractivity contribution in [3.8, 4) is 0 Å². The summed E-state index contributed by atoms with van der Waals surface area (Å²) in [6.07, 6.45) is 0. The minimum Gasteiger partial charge on any atom is -1.00 e. The second kappa shape index (κ2) is 15.7. The second-order valence-electron chi connectivity index (χ2n) is 0. The molecule has 0 amide bonds. The SMILES string of the molecule is [Ca+2].[H-].[H-].[H-].[H-].[H-].[H-].[Sr+2].[Sr+2].[Zn]. The van der Waals surface area contributed by atoms with E-state index in [9.17, 15) is 0 Å². The van der Waals surface area contributed by atoms with E-state index in [1.807, 2.05) is 0 Å². The molecular weight excluding hydrogens is 281 g/mol. The summed E-state index contributed by atoms with van der Waals surface area (Å²) >= 11 is 0. The molecule has 0 bridgehead atoms. The van der Waals surface area contributed by atoms with Crippen LogP contribution in [0.2, 0.25) is 0 Å². The molecule has 4 heteroatoms. The molecule has 14 valence electrons. The third-order valence-corrected chi connectivity index (χ3v) is 0. The Morgan fingerprint density at radius 2 is 1.00 bits per heavy atom. The Kier molecular flexibility index (Phi) is 90.8. The van der Waals surface area contributed by atoms with E-state index in [-0.39, 0.29) is 157 Å². The molecule has 0 aliphatic rings. The van der Waals surface area contributed by atoms with Crippen LogP contribution in [0.4, 0.5) is 0 Å². The molecule has 0 aliphatic heterocycles. The zero-order valence-electron chi connectivity index (χ0n) is 8.83. The van der Waals surface area contributed by atoms with E-state index in [0.717, 1.165) is 0 Å². The molecule has 0 aromatic carbocycles. The van der Waals surface area contributed by atoms with Gasteiger partial charge in [0.1, 0.15) is 0 Å². The number of hydrogen-bond acceptors (Lipinski definition) is 0. The van der Waals surface area contributed by atoms with E-state index >= 15 is 0 Å². The molecule has 0 N–H and O–H groups in total. The van der Waals surface area contributed by atoms with Gasteiger partial charge in [0.25, 0.3) is 0 Å². The van der Waals surface area contributed by atoms with Gasteiger partial charge in [-0.1, -0.05) is 0 Å². The zero-order chi connectivity index (χ0) is 0. The normalized spacial score (nSPS) is 0. The predicted octanol–water partition coefficient (Wildman–Crippen LogP) is -0.470. The molecule has 0 radical (unpaired) electrons. The summed E-state index contributed by atoms with van der Waals surface area (Å²) in [6.45, 7) is 0. The van der Waals surface area contributed by atoms with Crippen LogP contribution in [0.15, 0.2) is 0 Å². The summed E-state index contributed by atoms with van der Waals surface area (Å²) in [4.78, 5) is 0. The third kappa shape index (κ3) is 9.96. The van der Waals surface area contributed by atoms with Crippen LogP contribution in [-0.4, -0.2) is 129 Å². The molecule has 4 heavy (non-hydrogen) atoms. The van der Waals surface area contributed by atoms with Crippen LogP contribution in [-0.2, 0) is 19.5 Å². The van der Waals surface area contributed by atoms with E-state index in [0.29, 0.717) is 0 Å². The first kappa shape index (κ1) is 23.2. The number of hydrogen-bond donors (Lipinski definition) is 0. The molecule has 0 heterocycles. The summed E-state index contributed by atoms with van der Waals surface area (Å²) in [7, 11) is 0. The van der Waals surface area contributed by atoms with Gasteiger partial charge in [0.15, 0.2) is 0 Å². The summed E-state index contributed by atoms with van der Waals surface area (Å²) < 4.78 is 0. The van der Waals surface area contributed by atoms with Crippen LogP contribution in [0.25, 0.3) is 0 Å². The van der Waals surface area contributed by atoms with Crippen molar-refractivity contribution in [2.24, 2.45) is 0 Å². The Labute approximate surface area is 152 Å². The molecule has 0 aromatic rings. The van der Waals surface area contributed by atoms with Gasteiger partial charge in [0.05, 0.1) is 0 Å². The minimum absolute atomic E-state index is 0. The molecule has 0 aliphatic carbocycles. The molecule has 0 aromatic heterocycles. The van der Waals surface area contributed by atoms with Crippen LogP contribution >= 0.6 is 0 Å². The molecule has 0 saturated carbocycles. The summed E-state index contributed by atoms with van der Waals surface area (Å²) in [5.41, 5.74) is 0. The van der Waals surface area contributed by atoms with Crippen molar-refractivity contribution in [1.29, 1.82) is 0 Å². The molecule has 0 spiro atoms. The van der Waals surface area contributed by atoms with Gasteiger partial charge in [0, 0.05) is 19.5 Å². The maximum atomic E-state index is 0. The largest absolute Gasteiger partial charge is 2.00 e. The van der Waals surface area contributed by atoms with E-state index in [2.05, 4.69) is 0 Å². The van der Waals surface area contributed by atoms with Crippen molar-refractivity contribution in [3.63, 3.8) is 0 Å². The fourth-order valence-electron chi connectivity index (χ4n) is 0. The smallest absolute Gasteiger partial charge is 1.00 e. The standard InChI is InChI=1S/Ca.2Sr.Zn.6H/q3*+2;;6*-1. The molecule has 0 saturated heterocycles. The summed E-state index contributed by atoms with van der Waals surface area (Å²) in [5.74, 6) is 0. The van der Waals surface area contributed by atoms with Crippen molar-refractivity contribution < 1.29 is 28.0 Å². The number of rotatable bonds is 0. The molecule has 0 rings (SSSR count). The van der Waals surface area contributed by atoms with Crippen LogP contribution in [0.1, 0.15) is 8.56 Å². The average Bonchev–Trinajstić information content (AvgIpc) is 0. The van der Waals surface area contributed by atoms with Gasteiger partial charge in [-0.15, -0.1) is 0 Å². The van der Waals surface area contributed by atoms with Crippen molar-refractivity contribution in [3.05, 3.63) is 0 Å². The molecule has 0 nitrogen and oxygen atoms in total. The van der Waals surface area contributed by atoms with Crippen molar-refractivity contribution in [2.75, 3.05) is 0 Å². The molecule has 0 fully saturated rings. The van der Waals surface area contributed by atoms with Gasteiger partial charge < -0.3 is 8.56 Å². The van der Waals surface area contributed by atoms with Crippen LogP contribution in [0.3, 0.4) is 0 Å². The van der Waals surface area contributed by atoms with Gasteiger partial charge in [-0.05, 0) is 0 Å². The van der Waals surface area contributed by atoms with E-state index in [1.165, 1.54) is 0 Å². The van der Waals surface area contributed by atoms with Gasteiger partial charge in [0.2, 0.25) is 0 Å². The van der Waals surface area contributed by atoms with Gasteiger partial charge in [-0.2, -0.15) is 0 Å². The Hall–Kier alpha value is 4.84. The van der Waals surface area contributed by atoms with E-state index < -0.39 is 0 Å². The predicted molar refractivity (Wildman–Crippen MR) is 23.9 cm³/mol. The molecular formula is H6CaSr2Zn. The topological polar surface area (TPSA) is 0 Å². The van der Waals surface area contributed by atoms with E-state index in [1.54, 1.807) is 0 Å². The van der Waals surface area contributed by atoms with Gasteiger partial charge >= 0.3 is 129 Å². The van der Waals surface area contributed by atoms with Crippen molar-refractivity contribution >= 4 is 129 Å². The first-order chi connectivity index (χ1) is 0. The van der Waals surface area contributed by atoms with Crippen LogP contribution in [0.5, 0.6) is 0 Å². The van der Waals surface area contributed by atoms with Crippen LogP contribution < -0.4 is 0 Å². The third-order valence-electron chi connectivity index (χ3n) is 0. The Morgan fingerprint density at radius 1 is 1.00 bits per heavy atom. The summed E-state index contributed by atoms with van der Waals surface area (Å²) in [5, 5.41) is 0. The average molecular weight is 287 g/mol. The summed E-state index contributed by atoms with van der Waals surface area (Å²) in [6, 6.07) is 0. The molecule has 0 atom stereocenters. The zero-order valence-corrected chi connectivity index (χ0v) is 15.0. The Morgan fingerprint density at radius 3 is 1.00 bits per heavy atom. The minimum atomic E-state index is 0. The maximum Gasteiger partial charge on any atom is 2.00 e. The monoisotopic (exact) mass is 286 g/mol. The van der Waals surface area contributed by atoms with Crippen LogP contribution in [0, 0.1) is 0 Å². The Balaban J connectivity index is 0. The van der Waals surface area contributed by atoms with Gasteiger partial charge in [-0.25, -0.2) is 0 Å². The first-order valence-corrected chi connectivity index (χ1v) is 0. The van der Waals surface area contributed by atoms with Crippen molar-refractivity contribution in [2.45, 2.75) is 0 Å². The first-order valence-electron chi connectivity index (χ1n) is 0. The van der Waals surface area contributed by atoms with Gasteiger partial charge in [-0.3, -0.25) is 0 Å². The fraction of sp³-hybridized carbons (Fsp3) is 0.